The molecule has 3 aromatic rings. The molecule has 1 amide bonds. The zero-order chi connectivity index (χ0) is 24.8. The first kappa shape index (κ1) is 24.7. The molecule has 2 heterocycles. The molecule has 35 heavy (non-hydrogen) atoms. The molecule has 0 bridgehead atoms. The number of carbonyl (C=O) groups excluding carboxylic acids is 2. The predicted octanol–water partition coefficient (Wildman–Crippen LogP) is 1.54. The Morgan fingerprint density at radius 2 is 2.09 bits per heavy atom. The summed E-state index contributed by atoms with van der Waals surface area (Å²) in [5, 5.41) is 4.76. The summed E-state index contributed by atoms with van der Waals surface area (Å²) in [5.41, 5.74) is 0.384. The number of esters is 1. The highest BCUT2D eigenvalue weighted by Crippen LogP contribution is 2.28. The number of rotatable bonds is 8. The van der Waals surface area contributed by atoms with Gasteiger partial charge in [0, 0.05) is 18.7 Å². The number of thiazole rings is 1. The van der Waals surface area contributed by atoms with Crippen molar-refractivity contribution in [3.63, 3.8) is 0 Å². The fourth-order valence-electron chi connectivity index (χ4n) is 4.04. The van der Waals surface area contributed by atoms with Gasteiger partial charge in [-0.25, -0.2) is 4.79 Å². The van der Waals surface area contributed by atoms with Crippen molar-refractivity contribution in [2.45, 2.75) is 32.4 Å². The summed E-state index contributed by atoms with van der Waals surface area (Å²) < 4.78 is 18.1. The Bertz CT molecular complexity index is 1400. The standard InChI is InChI=1S/C26H28N2O6S/c1-3-33-25(30)14-24-28(16-23(29)27-15-18-8-6-12-34-18)26(31)22(35-24)13-20-19-9-5-4-7-17(19)10-11-21(20)32-2/h4-5,7,9-11,13-14,18H,3,6,8,12,15-16H2,1-2H3,(H,27,29)/b22-13-,24-14+. The fraction of sp³-hybridized carbons (Fsp3) is 0.346. The van der Waals surface area contributed by atoms with Crippen LogP contribution in [0, 0.1) is 0 Å². The number of hydrogen-bond donors (Lipinski definition) is 1. The number of amides is 1. The quantitative estimate of drug-likeness (QED) is 0.476. The van der Waals surface area contributed by atoms with E-state index in [1.165, 1.54) is 10.6 Å². The fourth-order valence-corrected chi connectivity index (χ4v) is 5.06. The number of benzene rings is 2. The van der Waals surface area contributed by atoms with E-state index >= 15 is 0 Å². The van der Waals surface area contributed by atoms with E-state index in [1.54, 1.807) is 20.1 Å². The summed E-state index contributed by atoms with van der Waals surface area (Å²) in [6.07, 6.45) is 4.86. The molecule has 0 aliphatic carbocycles. The molecule has 184 valence electrons. The third-order valence-corrected chi connectivity index (χ3v) is 6.80. The van der Waals surface area contributed by atoms with Crippen LogP contribution in [0.5, 0.6) is 5.75 Å². The highest BCUT2D eigenvalue weighted by molar-refractivity contribution is 7.07. The van der Waals surface area contributed by atoms with Gasteiger partial charge < -0.3 is 19.5 Å². The molecule has 2 aromatic carbocycles. The van der Waals surface area contributed by atoms with Crippen LogP contribution in [-0.2, 0) is 25.6 Å². The number of ether oxygens (including phenoxy) is 3. The molecule has 1 unspecified atom stereocenters. The molecule has 0 spiro atoms. The van der Waals surface area contributed by atoms with Crippen molar-refractivity contribution >= 4 is 46.1 Å². The summed E-state index contributed by atoms with van der Waals surface area (Å²) in [7, 11) is 1.58. The van der Waals surface area contributed by atoms with Crippen molar-refractivity contribution in [2.75, 3.05) is 26.9 Å². The number of methoxy groups -OCH3 is 1. The number of aromatic nitrogens is 1. The van der Waals surface area contributed by atoms with Crippen molar-refractivity contribution in [2.24, 2.45) is 0 Å². The molecule has 1 aromatic heterocycles. The first-order valence-electron chi connectivity index (χ1n) is 11.5. The van der Waals surface area contributed by atoms with Crippen LogP contribution in [0.4, 0.5) is 0 Å². The Morgan fingerprint density at radius 1 is 1.26 bits per heavy atom. The molecule has 1 aliphatic rings. The average Bonchev–Trinajstić information content (AvgIpc) is 3.47. The lowest BCUT2D eigenvalue weighted by molar-refractivity contribution is -0.135. The van der Waals surface area contributed by atoms with Gasteiger partial charge in [-0.2, -0.15) is 0 Å². The van der Waals surface area contributed by atoms with E-state index in [9.17, 15) is 14.4 Å². The first-order valence-corrected chi connectivity index (χ1v) is 12.4. The molecule has 1 N–H and O–H groups in total. The zero-order valence-corrected chi connectivity index (χ0v) is 20.6. The van der Waals surface area contributed by atoms with Gasteiger partial charge in [-0.1, -0.05) is 30.3 Å². The minimum atomic E-state index is -0.573. The topological polar surface area (TPSA) is 95.9 Å². The van der Waals surface area contributed by atoms with Gasteiger partial charge in [0.05, 0.1) is 30.4 Å². The summed E-state index contributed by atoms with van der Waals surface area (Å²) >= 11 is 1.13. The minimum absolute atomic E-state index is 0.00793. The van der Waals surface area contributed by atoms with Crippen molar-refractivity contribution in [3.8, 4) is 5.75 Å². The van der Waals surface area contributed by atoms with Crippen molar-refractivity contribution < 1.29 is 23.8 Å². The Balaban J connectivity index is 1.76. The maximum atomic E-state index is 13.4. The molecule has 8 nitrogen and oxygen atoms in total. The minimum Gasteiger partial charge on any atom is -0.496 e. The lowest BCUT2D eigenvalue weighted by Crippen LogP contribution is -2.40. The lowest BCUT2D eigenvalue weighted by Gasteiger charge is -2.10. The highest BCUT2D eigenvalue weighted by atomic mass is 32.1. The monoisotopic (exact) mass is 496 g/mol. The Hall–Kier alpha value is -3.43. The number of fused-ring (bicyclic) bond motifs is 1. The largest absolute Gasteiger partial charge is 0.496 e. The second-order valence-electron chi connectivity index (χ2n) is 8.08. The smallest absolute Gasteiger partial charge is 0.333 e. The summed E-state index contributed by atoms with van der Waals surface area (Å²) in [5.74, 6) is -0.280. The van der Waals surface area contributed by atoms with Gasteiger partial charge in [-0.15, -0.1) is 11.3 Å². The lowest BCUT2D eigenvalue weighted by atomic mass is 10.0. The van der Waals surface area contributed by atoms with E-state index in [2.05, 4.69) is 5.32 Å². The molecule has 1 aliphatic heterocycles. The van der Waals surface area contributed by atoms with Gasteiger partial charge in [0.15, 0.2) is 0 Å². The van der Waals surface area contributed by atoms with Crippen LogP contribution in [0.3, 0.4) is 0 Å². The maximum absolute atomic E-state index is 13.4. The van der Waals surface area contributed by atoms with Gasteiger partial charge in [0.1, 0.15) is 17.0 Å². The van der Waals surface area contributed by atoms with E-state index in [4.69, 9.17) is 14.2 Å². The summed E-state index contributed by atoms with van der Waals surface area (Å²) in [4.78, 5) is 38.2. The van der Waals surface area contributed by atoms with Crippen LogP contribution in [0.15, 0.2) is 41.2 Å². The normalized spacial score (nSPS) is 16.6. The Morgan fingerprint density at radius 3 is 2.83 bits per heavy atom. The number of carbonyl (C=O) groups is 2. The average molecular weight is 497 g/mol. The third kappa shape index (κ3) is 5.80. The molecule has 0 saturated carbocycles. The van der Waals surface area contributed by atoms with E-state index in [1.807, 2.05) is 36.4 Å². The number of nitrogens with zero attached hydrogens (tertiary/aromatic N) is 1. The van der Waals surface area contributed by atoms with Crippen LogP contribution in [0.2, 0.25) is 0 Å². The Labute approximate surface area is 206 Å². The Kier molecular flexibility index (Phi) is 7.99. The molecular formula is C26H28N2O6S. The molecule has 1 saturated heterocycles. The first-order chi connectivity index (χ1) is 17.0. The van der Waals surface area contributed by atoms with Crippen molar-refractivity contribution in [3.05, 3.63) is 61.5 Å². The molecule has 4 rings (SSSR count). The van der Waals surface area contributed by atoms with Gasteiger partial charge in [0.2, 0.25) is 5.91 Å². The van der Waals surface area contributed by atoms with E-state index < -0.39 is 5.97 Å². The van der Waals surface area contributed by atoms with Crippen LogP contribution in [0.1, 0.15) is 25.3 Å². The number of nitrogens with one attached hydrogen (secondary N) is 1. The van der Waals surface area contributed by atoms with Crippen LogP contribution in [-0.4, -0.2) is 49.4 Å². The van der Waals surface area contributed by atoms with E-state index in [0.29, 0.717) is 28.1 Å². The van der Waals surface area contributed by atoms with Crippen molar-refractivity contribution in [1.82, 2.24) is 9.88 Å². The molecule has 1 atom stereocenters. The molecular weight excluding hydrogens is 468 g/mol. The molecule has 9 heteroatoms. The van der Waals surface area contributed by atoms with E-state index in [0.717, 1.165) is 40.5 Å². The summed E-state index contributed by atoms with van der Waals surface area (Å²) in [6, 6.07) is 11.6. The van der Waals surface area contributed by atoms with Gasteiger partial charge in [-0.3, -0.25) is 14.2 Å². The van der Waals surface area contributed by atoms with Gasteiger partial charge >= 0.3 is 5.97 Å². The van der Waals surface area contributed by atoms with Crippen molar-refractivity contribution in [1.29, 1.82) is 0 Å². The maximum Gasteiger partial charge on any atom is 0.333 e. The second-order valence-corrected chi connectivity index (χ2v) is 9.14. The van der Waals surface area contributed by atoms with E-state index in [-0.39, 0.29) is 30.7 Å². The number of hydrogen-bond acceptors (Lipinski definition) is 7. The van der Waals surface area contributed by atoms with Crippen LogP contribution in [0.25, 0.3) is 22.9 Å². The van der Waals surface area contributed by atoms with Crippen LogP contribution >= 0.6 is 11.3 Å². The third-order valence-electron chi connectivity index (χ3n) is 5.74. The molecule has 1 fully saturated rings. The van der Waals surface area contributed by atoms with Gasteiger partial charge in [0.25, 0.3) is 5.56 Å². The SMILES string of the molecule is CCOC(=O)/C=c1/s/c(=C\c2c(OC)ccc3ccccc23)c(=O)n1CC(=O)NCC1CCCO1. The zero-order valence-electron chi connectivity index (χ0n) is 19.7. The summed E-state index contributed by atoms with van der Waals surface area (Å²) in [6.45, 7) is 2.78. The van der Waals surface area contributed by atoms with Crippen LogP contribution < -0.4 is 24.8 Å². The highest BCUT2D eigenvalue weighted by Gasteiger charge is 2.17. The molecule has 0 radical (unpaired) electrons. The van der Waals surface area contributed by atoms with Gasteiger partial charge in [-0.05, 0) is 42.7 Å². The second kappa shape index (κ2) is 11.3. The predicted molar refractivity (Wildman–Crippen MR) is 135 cm³/mol.